The van der Waals surface area contributed by atoms with Gasteiger partial charge in [0.2, 0.25) is 0 Å². The van der Waals surface area contributed by atoms with Crippen LogP contribution in [0.15, 0.2) is 18.5 Å². The number of hydrogen-bond donors (Lipinski definition) is 1. The van der Waals surface area contributed by atoms with Crippen molar-refractivity contribution in [3.8, 4) is 0 Å². The van der Waals surface area contributed by atoms with E-state index in [1.165, 1.54) is 0 Å². The summed E-state index contributed by atoms with van der Waals surface area (Å²) in [7, 11) is 0. The molecule has 1 unspecified atom stereocenters. The molecule has 1 fully saturated rings. The summed E-state index contributed by atoms with van der Waals surface area (Å²) in [6.45, 7) is 7.14. The van der Waals surface area contributed by atoms with Gasteiger partial charge in [0, 0.05) is 13.2 Å². The van der Waals surface area contributed by atoms with E-state index in [2.05, 4.69) is 26.8 Å². The first-order chi connectivity index (χ1) is 10.6. The smallest absolute Gasteiger partial charge is 0.312 e. The molecule has 0 aromatic carbocycles. The summed E-state index contributed by atoms with van der Waals surface area (Å²) in [5.41, 5.74) is 2.09. The Labute approximate surface area is 128 Å². The van der Waals surface area contributed by atoms with Crippen LogP contribution in [-0.4, -0.2) is 32.7 Å². The summed E-state index contributed by atoms with van der Waals surface area (Å²) in [5.74, 6) is 0.415. The number of halogens is 1. The van der Waals surface area contributed by atoms with E-state index in [-0.39, 0.29) is 6.23 Å². The quantitative estimate of drug-likeness (QED) is 0.679. The molecular formula is C15H20FN5O. The molecule has 6 nitrogen and oxygen atoms in total. The van der Waals surface area contributed by atoms with Gasteiger partial charge in [-0.15, -0.1) is 6.58 Å². The fourth-order valence-corrected chi connectivity index (χ4v) is 2.56. The number of ether oxygens (including phenoxy) is 1. The van der Waals surface area contributed by atoms with Crippen molar-refractivity contribution in [2.45, 2.75) is 38.8 Å². The number of fused-ring (bicyclic) bond motifs is 1. The Morgan fingerprint density at radius 3 is 3.09 bits per heavy atom. The van der Waals surface area contributed by atoms with Crippen LogP contribution in [0.25, 0.3) is 11.2 Å². The molecule has 1 aliphatic rings. The highest BCUT2D eigenvalue weighted by molar-refractivity contribution is 5.82. The van der Waals surface area contributed by atoms with Crippen molar-refractivity contribution >= 4 is 17.0 Å². The van der Waals surface area contributed by atoms with Crippen LogP contribution in [-0.2, 0) is 4.74 Å². The zero-order valence-electron chi connectivity index (χ0n) is 12.7. The Bertz CT molecular complexity index is 678. The Morgan fingerprint density at radius 2 is 2.36 bits per heavy atom. The number of aromatic nitrogens is 4. The van der Waals surface area contributed by atoms with Gasteiger partial charge >= 0.3 is 6.08 Å². The number of imidazole rings is 1. The molecule has 0 saturated carbocycles. The Hall–Kier alpha value is -2.02. The van der Waals surface area contributed by atoms with E-state index in [1.54, 1.807) is 10.9 Å². The maximum absolute atomic E-state index is 13.7. The monoisotopic (exact) mass is 305 g/mol. The molecule has 0 radical (unpaired) electrons. The minimum Gasteiger partial charge on any atom is -0.368 e. The van der Waals surface area contributed by atoms with Crippen molar-refractivity contribution < 1.29 is 9.13 Å². The molecule has 1 saturated heterocycles. The third-order valence-corrected chi connectivity index (χ3v) is 3.70. The van der Waals surface area contributed by atoms with E-state index in [0.717, 1.165) is 31.3 Å². The van der Waals surface area contributed by atoms with Crippen LogP contribution < -0.4 is 5.32 Å². The second kappa shape index (κ2) is 6.39. The highest BCUT2D eigenvalue weighted by Crippen LogP contribution is 2.27. The molecule has 0 bridgehead atoms. The highest BCUT2D eigenvalue weighted by Gasteiger charge is 2.21. The number of nitrogens with one attached hydrogen (secondary N) is 1. The van der Waals surface area contributed by atoms with Gasteiger partial charge in [0.15, 0.2) is 17.0 Å². The normalized spacial score (nSPS) is 18.5. The maximum atomic E-state index is 13.7. The van der Waals surface area contributed by atoms with Gasteiger partial charge < -0.3 is 10.1 Å². The largest absolute Gasteiger partial charge is 0.368 e. The van der Waals surface area contributed by atoms with Gasteiger partial charge in [0.05, 0.1) is 6.33 Å². The summed E-state index contributed by atoms with van der Waals surface area (Å²) in [5, 5.41) is 3.11. The molecule has 3 heterocycles. The number of nitrogens with zero attached hydrogens (tertiary/aromatic N) is 4. The molecule has 0 aliphatic carbocycles. The first-order valence-corrected chi connectivity index (χ1v) is 7.55. The van der Waals surface area contributed by atoms with Crippen LogP contribution in [0.4, 0.5) is 10.2 Å². The van der Waals surface area contributed by atoms with Crippen molar-refractivity contribution in [2.24, 2.45) is 0 Å². The number of rotatable bonds is 5. The lowest BCUT2D eigenvalue weighted by Gasteiger charge is -2.23. The summed E-state index contributed by atoms with van der Waals surface area (Å²) < 4.78 is 21.3. The standard InChI is InChI=1S/C15H20FN5O/c1-10(2)6-7-17-13-12-14(20-15(16)19-13)21(9-18-12)11-5-3-4-8-22-11/h9,11H,1,3-8H2,2H3,(H,17,19,20). The van der Waals surface area contributed by atoms with Crippen molar-refractivity contribution in [1.29, 1.82) is 0 Å². The SMILES string of the molecule is C=C(C)CCNc1nc(F)nc2c1ncn2C1CCCCO1. The third kappa shape index (κ3) is 3.09. The molecule has 2 aromatic rings. The lowest BCUT2D eigenvalue weighted by atomic mass is 10.2. The van der Waals surface area contributed by atoms with Gasteiger partial charge in [0.1, 0.15) is 6.23 Å². The average Bonchev–Trinajstić information content (AvgIpc) is 2.91. The van der Waals surface area contributed by atoms with Gasteiger partial charge in [-0.1, -0.05) is 5.57 Å². The molecule has 3 rings (SSSR count). The summed E-state index contributed by atoms with van der Waals surface area (Å²) in [6, 6.07) is 0. The average molecular weight is 305 g/mol. The van der Waals surface area contributed by atoms with Crippen molar-refractivity contribution in [3.05, 3.63) is 24.6 Å². The first kappa shape index (κ1) is 14.9. The lowest BCUT2D eigenvalue weighted by Crippen LogP contribution is -2.18. The van der Waals surface area contributed by atoms with Crippen LogP contribution in [0.5, 0.6) is 0 Å². The van der Waals surface area contributed by atoms with Gasteiger partial charge in [-0.05, 0) is 32.6 Å². The molecule has 0 spiro atoms. The molecule has 118 valence electrons. The Morgan fingerprint density at radius 1 is 1.50 bits per heavy atom. The van der Waals surface area contributed by atoms with Crippen LogP contribution in [0.3, 0.4) is 0 Å². The molecule has 1 atom stereocenters. The third-order valence-electron chi connectivity index (χ3n) is 3.70. The fraction of sp³-hybridized carbons (Fsp3) is 0.533. The predicted molar refractivity (Wildman–Crippen MR) is 82.0 cm³/mol. The van der Waals surface area contributed by atoms with Gasteiger partial charge in [-0.2, -0.15) is 14.4 Å². The summed E-state index contributed by atoms with van der Waals surface area (Å²) >= 11 is 0. The maximum Gasteiger partial charge on any atom is 0.312 e. The lowest BCUT2D eigenvalue weighted by molar-refractivity contribution is -0.0298. The second-order valence-electron chi connectivity index (χ2n) is 5.62. The number of anilines is 1. The molecular weight excluding hydrogens is 285 g/mol. The minimum atomic E-state index is -0.761. The minimum absolute atomic E-state index is 0.128. The zero-order valence-corrected chi connectivity index (χ0v) is 12.7. The van der Waals surface area contributed by atoms with Crippen molar-refractivity contribution in [3.63, 3.8) is 0 Å². The topological polar surface area (TPSA) is 64.9 Å². The van der Waals surface area contributed by atoms with Crippen LogP contribution in [0.1, 0.15) is 38.8 Å². The Balaban J connectivity index is 1.90. The van der Waals surface area contributed by atoms with Gasteiger partial charge in [0.25, 0.3) is 0 Å². The van der Waals surface area contributed by atoms with E-state index < -0.39 is 6.08 Å². The Kier molecular flexibility index (Phi) is 4.33. The zero-order chi connectivity index (χ0) is 15.5. The second-order valence-corrected chi connectivity index (χ2v) is 5.62. The molecule has 7 heteroatoms. The van der Waals surface area contributed by atoms with Crippen LogP contribution >= 0.6 is 0 Å². The molecule has 1 N–H and O–H groups in total. The predicted octanol–water partition coefficient (Wildman–Crippen LogP) is 3.04. The van der Waals surface area contributed by atoms with Gasteiger partial charge in [-0.25, -0.2) is 4.98 Å². The number of hydrogen-bond acceptors (Lipinski definition) is 5. The molecule has 22 heavy (non-hydrogen) atoms. The van der Waals surface area contributed by atoms with E-state index >= 15 is 0 Å². The molecule has 1 aliphatic heterocycles. The van der Waals surface area contributed by atoms with Crippen molar-refractivity contribution in [2.75, 3.05) is 18.5 Å². The van der Waals surface area contributed by atoms with Gasteiger partial charge in [-0.3, -0.25) is 4.57 Å². The highest BCUT2D eigenvalue weighted by atomic mass is 19.1. The van der Waals surface area contributed by atoms with Crippen LogP contribution in [0, 0.1) is 6.08 Å². The summed E-state index contributed by atoms with van der Waals surface area (Å²) in [6.07, 6.45) is 4.58. The van der Waals surface area contributed by atoms with E-state index in [9.17, 15) is 4.39 Å². The van der Waals surface area contributed by atoms with E-state index in [4.69, 9.17) is 4.74 Å². The van der Waals surface area contributed by atoms with Crippen molar-refractivity contribution in [1.82, 2.24) is 19.5 Å². The molecule has 0 amide bonds. The van der Waals surface area contributed by atoms with E-state index in [0.29, 0.717) is 30.1 Å². The van der Waals surface area contributed by atoms with Crippen LogP contribution in [0.2, 0.25) is 0 Å². The summed E-state index contributed by atoms with van der Waals surface area (Å²) in [4.78, 5) is 12.1. The van der Waals surface area contributed by atoms with E-state index in [1.807, 2.05) is 6.92 Å². The first-order valence-electron chi connectivity index (χ1n) is 7.55. The molecule has 2 aromatic heterocycles. The fourth-order valence-electron chi connectivity index (χ4n) is 2.56.